The molecule has 3 aromatic rings. The van der Waals surface area contributed by atoms with Crippen LogP contribution in [0.1, 0.15) is 38.2 Å². The van der Waals surface area contributed by atoms with Crippen LogP contribution in [0.5, 0.6) is 0 Å². The van der Waals surface area contributed by atoms with Gasteiger partial charge >= 0.3 is 0 Å². The minimum Gasteiger partial charge on any atom is -0.352 e. The van der Waals surface area contributed by atoms with Gasteiger partial charge in [0.2, 0.25) is 5.91 Å². The highest BCUT2D eigenvalue weighted by atomic mass is 32.2. The zero-order valence-electron chi connectivity index (χ0n) is 16.6. The lowest BCUT2D eigenvalue weighted by molar-refractivity contribution is -0.120. The SMILES string of the molecule is Cc1ccnc(-n2c(SC(C)C(=O)NC3CCCC3)nc3ccccc3c2=O)c1. The van der Waals surface area contributed by atoms with E-state index in [1.54, 1.807) is 12.3 Å². The highest BCUT2D eigenvalue weighted by Crippen LogP contribution is 2.26. The van der Waals surface area contributed by atoms with Crippen LogP contribution < -0.4 is 10.9 Å². The maximum absolute atomic E-state index is 13.3. The van der Waals surface area contributed by atoms with Crippen molar-refractivity contribution in [3.63, 3.8) is 0 Å². The van der Waals surface area contributed by atoms with Crippen molar-refractivity contribution in [2.24, 2.45) is 0 Å². The van der Waals surface area contributed by atoms with Crippen molar-refractivity contribution in [3.05, 3.63) is 58.5 Å². The number of amides is 1. The molecule has 0 bridgehead atoms. The van der Waals surface area contributed by atoms with Gasteiger partial charge in [-0.05, 0) is 56.5 Å². The number of para-hydroxylation sites is 1. The molecule has 0 aliphatic heterocycles. The maximum atomic E-state index is 13.3. The molecule has 1 saturated carbocycles. The second kappa shape index (κ2) is 8.37. The van der Waals surface area contributed by atoms with Gasteiger partial charge in [-0.15, -0.1) is 0 Å². The number of nitrogens with one attached hydrogen (secondary N) is 1. The molecule has 1 aromatic carbocycles. The summed E-state index contributed by atoms with van der Waals surface area (Å²) in [5.74, 6) is 0.493. The van der Waals surface area contributed by atoms with Crippen LogP contribution in [-0.2, 0) is 4.79 Å². The monoisotopic (exact) mass is 408 g/mol. The summed E-state index contributed by atoms with van der Waals surface area (Å²) in [7, 11) is 0. The van der Waals surface area contributed by atoms with Crippen molar-refractivity contribution in [1.29, 1.82) is 0 Å². The Morgan fingerprint density at radius 2 is 2.00 bits per heavy atom. The second-order valence-electron chi connectivity index (χ2n) is 7.49. The molecule has 1 atom stereocenters. The van der Waals surface area contributed by atoms with Crippen LogP contribution in [0.4, 0.5) is 0 Å². The molecule has 0 saturated heterocycles. The molecule has 2 aromatic heterocycles. The molecule has 1 unspecified atom stereocenters. The number of aryl methyl sites for hydroxylation is 1. The van der Waals surface area contributed by atoms with Crippen LogP contribution >= 0.6 is 11.8 Å². The highest BCUT2D eigenvalue weighted by molar-refractivity contribution is 8.00. The Balaban J connectivity index is 1.73. The van der Waals surface area contributed by atoms with E-state index in [1.807, 2.05) is 44.2 Å². The van der Waals surface area contributed by atoms with Crippen molar-refractivity contribution in [1.82, 2.24) is 19.9 Å². The zero-order valence-corrected chi connectivity index (χ0v) is 17.4. The number of hydrogen-bond acceptors (Lipinski definition) is 5. The first kappa shape index (κ1) is 19.6. The van der Waals surface area contributed by atoms with Crippen molar-refractivity contribution in [2.75, 3.05) is 0 Å². The van der Waals surface area contributed by atoms with Gasteiger partial charge in [-0.1, -0.05) is 36.7 Å². The summed E-state index contributed by atoms with van der Waals surface area (Å²) in [4.78, 5) is 35.0. The molecule has 1 aliphatic carbocycles. The third-order valence-electron chi connectivity index (χ3n) is 5.23. The molecule has 1 amide bonds. The van der Waals surface area contributed by atoms with Crippen molar-refractivity contribution >= 4 is 28.6 Å². The number of aromatic nitrogens is 3. The number of carbonyl (C=O) groups excluding carboxylic acids is 1. The van der Waals surface area contributed by atoms with Gasteiger partial charge in [-0.3, -0.25) is 9.59 Å². The van der Waals surface area contributed by atoms with Crippen molar-refractivity contribution < 1.29 is 4.79 Å². The van der Waals surface area contributed by atoms with E-state index in [-0.39, 0.29) is 22.8 Å². The van der Waals surface area contributed by atoms with Gasteiger partial charge in [0.05, 0.1) is 16.2 Å². The standard InChI is InChI=1S/C22H24N4O2S/c1-14-11-12-23-19(13-14)26-21(28)17-9-5-6-10-18(17)25-22(26)29-15(2)20(27)24-16-7-3-4-8-16/h5-6,9-13,15-16H,3-4,7-8H2,1-2H3,(H,24,27). The average molecular weight is 409 g/mol. The molecule has 1 aliphatic rings. The van der Waals surface area contributed by atoms with E-state index in [2.05, 4.69) is 10.3 Å². The molecule has 1 fully saturated rings. The largest absolute Gasteiger partial charge is 0.352 e. The zero-order chi connectivity index (χ0) is 20.4. The quantitative estimate of drug-likeness (QED) is 0.515. The van der Waals surface area contributed by atoms with Crippen LogP contribution in [0.2, 0.25) is 0 Å². The summed E-state index contributed by atoms with van der Waals surface area (Å²) in [6, 6.07) is 11.3. The molecule has 0 spiro atoms. The Hall–Kier alpha value is -2.67. The average Bonchev–Trinajstić information content (AvgIpc) is 3.21. The van der Waals surface area contributed by atoms with Gasteiger partial charge in [-0.25, -0.2) is 14.5 Å². The van der Waals surface area contributed by atoms with E-state index in [4.69, 9.17) is 4.98 Å². The van der Waals surface area contributed by atoms with E-state index >= 15 is 0 Å². The number of rotatable bonds is 5. The Morgan fingerprint density at radius 3 is 2.76 bits per heavy atom. The van der Waals surface area contributed by atoms with Crippen LogP contribution in [0, 0.1) is 6.92 Å². The molecular weight excluding hydrogens is 384 g/mol. The summed E-state index contributed by atoms with van der Waals surface area (Å²) in [6.07, 6.45) is 6.08. The molecule has 0 radical (unpaired) electrons. The van der Waals surface area contributed by atoms with Gasteiger partial charge in [0, 0.05) is 12.2 Å². The third kappa shape index (κ3) is 4.19. The predicted octanol–water partition coefficient (Wildman–Crippen LogP) is 3.63. The number of fused-ring (bicyclic) bond motifs is 1. The van der Waals surface area contributed by atoms with Gasteiger partial charge in [-0.2, -0.15) is 0 Å². The first-order chi connectivity index (χ1) is 14.0. The maximum Gasteiger partial charge on any atom is 0.267 e. The molecule has 1 N–H and O–H groups in total. The Labute approximate surface area is 173 Å². The van der Waals surface area contributed by atoms with E-state index in [9.17, 15) is 9.59 Å². The first-order valence-corrected chi connectivity index (χ1v) is 10.8. The minimum atomic E-state index is -0.375. The topological polar surface area (TPSA) is 76.9 Å². The van der Waals surface area contributed by atoms with Crippen LogP contribution in [0.25, 0.3) is 16.7 Å². The summed E-state index contributed by atoms with van der Waals surface area (Å²) >= 11 is 1.29. The molecule has 4 rings (SSSR count). The smallest absolute Gasteiger partial charge is 0.267 e. The van der Waals surface area contributed by atoms with Gasteiger partial charge in [0.15, 0.2) is 5.16 Å². The Kier molecular flexibility index (Phi) is 5.67. The first-order valence-electron chi connectivity index (χ1n) is 9.95. The highest BCUT2D eigenvalue weighted by Gasteiger charge is 2.24. The van der Waals surface area contributed by atoms with E-state index in [1.165, 1.54) is 16.3 Å². The summed E-state index contributed by atoms with van der Waals surface area (Å²) in [5.41, 5.74) is 1.44. The van der Waals surface area contributed by atoms with Crippen molar-refractivity contribution in [2.45, 2.75) is 56.0 Å². The molecule has 2 heterocycles. The predicted molar refractivity (Wildman–Crippen MR) is 116 cm³/mol. The van der Waals surface area contributed by atoms with Crippen LogP contribution in [0.3, 0.4) is 0 Å². The van der Waals surface area contributed by atoms with E-state index < -0.39 is 0 Å². The lowest BCUT2D eigenvalue weighted by Gasteiger charge is -2.18. The number of hydrogen-bond donors (Lipinski definition) is 1. The van der Waals surface area contributed by atoms with Crippen LogP contribution in [-0.4, -0.2) is 31.7 Å². The number of nitrogens with zero attached hydrogens (tertiary/aromatic N) is 3. The van der Waals surface area contributed by atoms with Crippen molar-refractivity contribution in [3.8, 4) is 5.82 Å². The molecule has 150 valence electrons. The van der Waals surface area contributed by atoms with Crippen LogP contribution in [0.15, 0.2) is 52.5 Å². The summed E-state index contributed by atoms with van der Waals surface area (Å²) in [5, 5.41) is 3.76. The fourth-order valence-corrected chi connectivity index (χ4v) is 4.56. The Bertz CT molecular complexity index is 1110. The van der Waals surface area contributed by atoms with E-state index in [0.717, 1.165) is 31.2 Å². The normalized spacial score (nSPS) is 15.5. The molecule has 29 heavy (non-hydrogen) atoms. The van der Waals surface area contributed by atoms with E-state index in [0.29, 0.717) is 21.9 Å². The number of carbonyl (C=O) groups is 1. The summed E-state index contributed by atoms with van der Waals surface area (Å²) < 4.78 is 1.51. The third-order valence-corrected chi connectivity index (χ3v) is 6.28. The Morgan fingerprint density at radius 1 is 1.24 bits per heavy atom. The van der Waals surface area contributed by atoms with Gasteiger partial charge in [0.25, 0.3) is 5.56 Å². The fraction of sp³-hybridized carbons (Fsp3) is 0.364. The van der Waals surface area contributed by atoms with Gasteiger partial charge < -0.3 is 5.32 Å². The fourth-order valence-electron chi connectivity index (χ4n) is 3.64. The molecule has 7 heteroatoms. The van der Waals surface area contributed by atoms with Gasteiger partial charge in [0.1, 0.15) is 5.82 Å². The lowest BCUT2D eigenvalue weighted by atomic mass is 10.2. The lowest BCUT2D eigenvalue weighted by Crippen LogP contribution is -2.38. The number of thioether (sulfide) groups is 1. The number of benzene rings is 1. The molecule has 6 nitrogen and oxygen atoms in total. The second-order valence-corrected chi connectivity index (χ2v) is 8.80. The molecular formula is C22H24N4O2S. The summed E-state index contributed by atoms with van der Waals surface area (Å²) in [6.45, 7) is 3.81. The minimum absolute atomic E-state index is 0.0203. The number of pyridine rings is 1.